The largest absolute Gasteiger partial charge is 0.368 e. The molecule has 0 aliphatic heterocycles. The number of hydrogen-bond donors (Lipinski definition) is 1. The zero-order valence-corrected chi connectivity index (χ0v) is 7.94. The van der Waals surface area contributed by atoms with E-state index < -0.39 is 17.1 Å². The standard InChI is InChI=1S/C8H6Cl2FNO/c9-4-1-2-6(11)5(3-4)7(10)8(12)13/h1-3,7H,(H2,12,13). The quantitative estimate of drug-likeness (QED) is 0.766. The molecule has 70 valence electrons. The van der Waals surface area contributed by atoms with Gasteiger partial charge in [0.2, 0.25) is 5.91 Å². The van der Waals surface area contributed by atoms with Crippen LogP contribution in [0, 0.1) is 5.82 Å². The van der Waals surface area contributed by atoms with Gasteiger partial charge >= 0.3 is 0 Å². The summed E-state index contributed by atoms with van der Waals surface area (Å²) in [4.78, 5) is 10.6. The molecule has 2 N–H and O–H groups in total. The van der Waals surface area contributed by atoms with Crippen molar-refractivity contribution in [2.24, 2.45) is 5.73 Å². The lowest BCUT2D eigenvalue weighted by molar-refractivity contribution is -0.117. The Morgan fingerprint density at radius 3 is 2.69 bits per heavy atom. The van der Waals surface area contributed by atoms with E-state index in [0.717, 1.165) is 6.07 Å². The van der Waals surface area contributed by atoms with Gasteiger partial charge in [0.1, 0.15) is 11.2 Å². The van der Waals surface area contributed by atoms with Crippen molar-refractivity contribution in [3.63, 3.8) is 0 Å². The first-order valence-electron chi connectivity index (χ1n) is 3.40. The number of amides is 1. The van der Waals surface area contributed by atoms with Gasteiger partial charge in [0.15, 0.2) is 0 Å². The molecule has 0 saturated heterocycles. The van der Waals surface area contributed by atoms with Gasteiger partial charge in [0, 0.05) is 10.6 Å². The van der Waals surface area contributed by atoms with Crippen molar-refractivity contribution in [3.05, 3.63) is 34.6 Å². The maximum Gasteiger partial charge on any atom is 0.240 e. The van der Waals surface area contributed by atoms with E-state index in [1.54, 1.807) is 0 Å². The molecule has 0 aliphatic rings. The van der Waals surface area contributed by atoms with Crippen LogP contribution in [0.5, 0.6) is 0 Å². The molecule has 5 heteroatoms. The van der Waals surface area contributed by atoms with Crippen molar-refractivity contribution in [1.29, 1.82) is 0 Å². The summed E-state index contributed by atoms with van der Waals surface area (Å²) in [5, 5.41) is -0.873. The molecule has 0 radical (unpaired) electrons. The second-order valence-corrected chi connectivity index (χ2v) is 3.30. The maximum atomic E-state index is 13.0. The number of halogens is 3. The van der Waals surface area contributed by atoms with Crippen LogP contribution in [0.4, 0.5) is 4.39 Å². The van der Waals surface area contributed by atoms with Crippen molar-refractivity contribution in [2.75, 3.05) is 0 Å². The predicted molar refractivity (Wildman–Crippen MR) is 49.2 cm³/mol. The molecular weight excluding hydrogens is 216 g/mol. The van der Waals surface area contributed by atoms with E-state index in [-0.39, 0.29) is 5.56 Å². The molecule has 1 atom stereocenters. The lowest BCUT2D eigenvalue weighted by atomic mass is 10.1. The minimum Gasteiger partial charge on any atom is -0.368 e. The van der Waals surface area contributed by atoms with E-state index in [0.29, 0.717) is 5.02 Å². The van der Waals surface area contributed by atoms with Crippen molar-refractivity contribution in [1.82, 2.24) is 0 Å². The Balaban J connectivity index is 3.12. The highest BCUT2D eigenvalue weighted by molar-refractivity contribution is 6.32. The summed E-state index contributed by atoms with van der Waals surface area (Å²) >= 11 is 11.1. The molecule has 2 nitrogen and oxygen atoms in total. The van der Waals surface area contributed by atoms with Gasteiger partial charge in [-0.2, -0.15) is 0 Å². The zero-order valence-electron chi connectivity index (χ0n) is 6.43. The molecule has 0 fully saturated rings. The lowest BCUT2D eigenvalue weighted by Gasteiger charge is -2.06. The Morgan fingerprint density at radius 1 is 1.54 bits per heavy atom. The number of carbonyl (C=O) groups excluding carboxylic acids is 1. The molecule has 0 aliphatic carbocycles. The average molecular weight is 222 g/mol. The molecule has 1 rings (SSSR count). The summed E-state index contributed by atoms with van der Waals surface area (Å²) in [7, 11) is 0. The van der Waals surface area contributed by atoms with Crippen molar-refractivity contribution in [3.8, 4) is 0 Å². The summed E-state index contributed by atoms with van der Waals surface area (Å²) in [6, 6.07) is 3.78. The number of carbonyl (C=O) groups is 1. The van der Waals surface area contributed by atoms with Gasteiger partial charge < -0.3 is 5.73 Å². The van der Waals surface area contributed by atoms with Crippen LogP contribution in [0.25, 0.3) is 0 Å². The van der Waals surface area contributed by atoms with Gasteiger partial charge in [-0.3, -0.25) is 4.79 Å². The first-order chi connectivity index (χ1) is 6.02. The van der Waals surface area contributed by atoms with Crippen molar-refractivity contribution in [2.45, 2.75) is 5.38 Å². The van der Waals surface area contributed by atoms with Gasteiger partial charge in [-0.15, -0.1) is 11.6 Å². The van der Waals surface area contributed by atoms with Crippen LogP contribution < -0.4 is 5.73 Å². The number of alkyl halides is 1. The summed E-state index contributed by atoms with van der Waals surface area (Å²) in [5.74, 6) is -1.40. The lowest BCUT2D eigenvalue weighted by Crippen LogP contribution is -2.17. The van der Waals surface area contributed by atoms with Gasteiger partial charge in [0.25, 0.3) is 0 Å². The molecule has 0 heterocycles. The second kappa shape index (κ2) is 3.94. The third-order valence-corrected chi connectivity index (χ3v) is 2.17. The van der Waals surface area contributed by atoms with E-state index in [9.17, 15) is 9.18 Å². The van der Waals surface area contributed by atoms with E-state index in [4.69, 9.17) is 28.9 Å². The smallest absolute Gasteiger partial charge is 0.240 e. The highest BCUT2D eigenvalue weighted by Crippen LogP contribution is 2.25. The summed E-state index contributed by atoms with van der Waals surface area (Å²) < 4.78 is 13.0. The highest BCUT2D eigenvalue weighted by Gasteiger charge is 2.18. The topological polar surface area (TPSA) is 43.1 Å². The fraction of sp³-hybridized carbons (Fsp3) is 0.125. The first kappa shape index (κ1) is 10.3. The Kier molecular flexibility index (Phi) is 3.12. The van der Waals surface area contributed by atoms with E-state index >= 15 is 0 Å². The fourth-order valence-electron chi connectivity index (χ4n) is 0.862. The van der Waals surface area contributed by atoms with Crippen LogP contribution in [0.15, 0.2) is 18.2 Å². The van der Waals surface area contributed by atoms with Crippen LogP contribution in [0.2, 0.25) is 5.02 Å². The third kappa shape index (κ3) is 2.32. The molecule has 0 spiro atoms. The summed E-state index contributed by atoms with van der Waals surface area (Å²) in [6.45, 7) is 0. The molecule has 13 heavy (non-hydrogen) atoms. The molecule has 0 aromatic heterocycles. The Labute approximate surface area is 84.4 Å². The normalized spacial score (nSPS) is 12.5. The molecule has 0 saturated carbocycles. The number of rotatable bonds is 2. The van der Waals surface area contributed by atoms with Crippen LogP contribution in [0.3, 0.4) is 0 Å². The average Bonchev–Trinajstić information content (AvgIpc) is 2.08. The molecule has 1 aromatic rings. The number of nitrogens with two attached hydrogens (primary N) is 1. The van der Waals surface area contributed by atoms with Crippen LogP contribution >= 0.6 is 23.2 Å². The maximum absolute atomic E-state index is 13.0. The SMILES string of the molecule is NC(=O)C(Cl)c1cc(Cl)ccc1F. The van der Waals surface area contributed by atoms with Crippen molar-refractivity contribution >= 4 is 29.1 Å². The van der Waals surface area contributed by atoms with E-state index in [1.165, 1.54) is 12.1 Å². The second-order valence-electron chi connectivity index (χ2n) is 2.43. The van der Waals surface area contributed by atoms with E-state index in [2.05, 4.69) is 0 Å². The van der Waals surface area contributed by atoms with Crippen LogP contribution in [-0.4, -0.2) is 5.91 Å². The Morgan fingerprint density at radius 2 is 2.15 bits per heavy atom. The van der Waals surface area contributed by atoms with Crippen molar-refractivity contribution < 1.29 is 9.18 Å². The monoisotopic (exact) mass is 221 g/mol. The van der Waals surface area contributed by atoms with Crippen LogP contribution in [0.1, 0.15) is 10.9 Å². The minimum atomic E-state index is -1.18. The predicted octanol–water partition coefficient (Wildman–Crippen LogP) is 2.24. The summed E-state index contributed by atoms with van der Waals surface area (Å²) in [5.41, 5.74) is 4.91. The zero-order chi connectivity index (χ0) is 10.0. The van der Waals surface area contributed by atoms with Gasteiger partial charge in [-0.05, 0) is 18.2 Å². The molecule has 0 bridgehead atoms. The molecule has 1 amide bonds. The van der Waals surface area contributed by atoms with Gasteiger partial charge in [0.05, 0.1) is 0 Å². The summed E-state index contributed by atoms with van der Waals surface area (Å²) in [6.07, 6.45) is 0. The van der Waals surface area contributed by atoms with Gasteiger partial charge in [-0.1, -0.05) is 11.6 Å². The number of benzene rings is 1. The fourth-order valence-corrected chi connectivity index (χ4v) is 1.21. The molecule has 1 aromatic carbocycles. The van der Waals surface area contributed by atoms with E-state index in [1.807, 2.05) is 0 Å². The minimum absolute atomic E-state index is 0.00154. The number of primary amides is 1. The molecular formula is C8H6Cl2FNO. The van der Waals surface area contributed by atoms with Crippen LogP contribution in [-0.2, 0) is 4.79 Å². The highest BCUT2D eigenvalue weighted by atomic mass is 35.5. The Hall–Kier alpha value is -0.800. The first-order valence-corrected chi connectivity index (χ1v) is 4.22. The third-order valence-electron chi connectivity index (χ3n) is 1.48. The molecule has 1 unspecified atom stereocenters. The van der Waals surface area contributed by atoms with Gasteiger partial charge in [-0.25, -0.2) is 4.39 Å². The number of hydrogen-bond acceptors (Lipinski definition) is 1. The Bertz CT molecular complexity index is 343.